The summed E-state index contributed by atoms with van der Waals surface area (Å²) in [6, 6.07) is 9.09. The van der Waals surface area contributed by atoms with E-state index in [2.05, 4.69) is 33.2 Å². The van der Waals surface area contributed by atoms with E-state index >= 15 is 0 Å². The first-order valence-electron chi connectivity index (χ1n) is 6.70. The van der Waals surface area contributed by atoms with Crippen LogP contribution in [0.4, 0.5) is 4.39 Å². The molecule has 0 saturated carbocycles. The van der Waals surface area contributed by atoms with Gasteiger partial charge in [0.2, 0.25) is 0 Å². The molecule has 1 heterocycles. The number of pyridine rings is 1. The molecule has 4 heteroatoms. The number of likely N-dealkylation sites (N-methyl/N-ethyl adjacent to an activating group) is 1. The van der Waals surface area contributed by atoms with Gasteiger partial charge in [-0.1, -0.05) is 28.9 Å². The SMILES string of the molecule is CCNC(Cc1cc(Br)ccc1F)c1cccnc1C. The molecule has 20 heavy (non-hydrogen) atoms. The first kappa shape index (κ1) is 15.1. The van der Waals surface area contributed by atoms with Crippen molar-refractivity contribution >= 4 is 15.9 Å². The Balaban J connectivity index is 2.30. The summed E-state index contributed by atoms with van der Waals surface area (Å²) in [6.45, 7) is 4.86. The molecule has 2 rings (SSSR count). The number of aromatic nitrogens is 1. The van der Waals surface area contributed by atoms with E-state index in [-0.39, 0.29) is 11.9 Å². The van der Waals surface area contributed by atoms with Crippen molar-refractivity contribution in [3.63, 3.8) is 0 Å². The third-order valence-electron chi connectivity index (χ3n) is 3.31. The lowest BCUT2D eigenvalue weighted by Crippen LogP contribution is -2.24. The van der Waals surface area contributed by atoms with E-state index in [0.29, 0.717) is 12.0 Å². The van der Waals surface area contributed by atoms with Crippen molar-refractivity contribution in [3.8, 4) is 0 Å². The Hall–Kier alpha value is -1.26. The third-order valence-corrected chi connectivity index (χ3v) is 3.80. The van der Waals surface area contributed by atoms with Crippen LogP contribution >= 0.6 is 15.9 Å². The smallest absolute Gasteiger partial charge is 0.126 e. The van der Waals surface area contributed by atoms with E-state index in [1.807, 2.05) is 25.1 Å². The van der Waals surface area contributed by atoms with E-state index in [9.17, 15) is 4.39 Å². The Morgan fingerprint density at radius 3 is 2.85 bits per heavy atom. The summed E-state index contributed by atoms with van der Waals surface area (Å²) < 4.78 is 14.8. The van der Waals surface area contributed by atoms with Gasteiger partial charge in [-0.25, -0.2) is 4.39 Å². The number of rotatable bonds is 5. The summed E-state index contributed by atoms with van der Waals surface area (Å²) in [4.78, 5) is 4.32. The van der Waals surface area contributed by atoms with E-state index < -0.39 is 0 Å². The van der Waals surface area contributed by atoms with Gasteiger partial charge in [-0.05, 0) is 55.3 Å². The predicted octanol–water partition coefficient (Wildman–Crippen LogP) is 4.18. The summed E-state index contributed by atoms with van der Waals surface area (Å²) in [6.07, 6.45) is 2.38. The minimum absolute atomic E-state index is 0.0671. The second-order valence-corrected chi connectivity index (χ2v) is 5.64. The number of hydrogen-bond acceptors (Lipinski definition) is 2. The van der Waals surface area contributed by atoms with Gasteiger partial charge >= 0.3 is 0 Å². The Morgan fingerprint density at radius 1 is 1.35 bits per heavy atom. The second-order valence-electron chi connectivity index (χ2n) is 4.73. The van der Waals surface area contributed by atoms with Crippen molar-refractivity contribution < 1.29 is 4.39 Å². The molecule has 1 N–H and O–H groups in total. The maximum atomic E-state index is 13.9. The van der Waals surface area contributed by atoms with Crippen LogP contribution in [0.1, 0.15) is 29.8 Å². The van der Waals surface area contributed by atoms with Gasteiger partial charge in [-0.2, -0.15) is 0 Å². The lowest BCUT2D eigenvalue weighted by molar-refractivity contribution is 0.524. The van der Waals surface area contributed by atoms with E-state index in [4.69, 9.17) is 0 Å². The quantitative estimate of drug-likeness (QED) is 0.885. The van der Waals surface area contributed by atoms with Crippen LogP contribution in [0.5, 0.6) is 0 Å². The molecule has 1 aromatic heterocycles. The van der Waals surface area contributed by atoms with Crippen LogP contribution in [0.3, 0.4) is 0 Å². The lowest BCUT2D eigenvalue weighted by Gasteiger charge is -2.20. The first-order chi connectivity index (χ1) is 9.61. The Morgan fingerprint density at radius 2 is 2.15 bits per heavy atom. The Labute approximate surface area is 127 Å². The maximum Gasteiger partial charge on any atom is 0.126 e. The van der Waals surface area contributed by atoms with E-state index in [1.54, 1.807) is 12.3 Å². The van der Waals surface area contributed by atoms with E-state index in [0.717, 1.165) is 22.3 Å². The molecule has 0 radical (unpaired) electrons. The zero-order valence-electron chi connectivity index (χ0n) is 11.7. The van der Waals surface area contributed by atoms with Crippen LogP contribution in [0.15, 0.2) is 41.0 Å². The van der Waals surface area contributed by atoms with Crippen LogP contribution in [-0.2, 0) is 6.42 Å². The van der Waals surface area contributed by atoms with Gasteiger partial charge in [0.05, 0.1) is 0 Å². The fraction of sp³-hybridized carbons (Fsp3) is 0.312. The van der Waals surface area contributed by atoms with Gasteiger partial charge in [-0.3, -0.25) is 4.98 Å². The fourth-order valence-electron chi connectivity index (χ4n) is 2.32. The maximum absolute atomic E-state index is 13.9. The molecule has 0 aliphatic carbocycles. The van der Waals surface area contributed by atoms with Crippen molar-refractivity contribution in [2.75, 3.05) is 6.54 Å². The van der Waals surface area contributed by atoms with Crippen LogP contribution in [0, 0.1) is 12.7 Å². The summed E-state index contributed by atoms with van der Waals surface area (Å²) >= 11 is 3.40. The highest BCUT2D eigenvalue weighted by molar-refractivity contribution is 9.10. The van der Waals surface area contributed by atoms with Crippen LogP contribution in [0.2, 0.25) is 0 Å². The number of aryl methyl sites for hydroxylation is 1. The zero-order valence-corrected chi connectivity index (χ0v) is 13.2. The molecule has 1 atom stereocenters. The largest absolute Gasteiger partial charge is 0.310 e. The normalized spacial score (nSPS) is 12.4. The van der Waals surface area contributed by atoms with Crippen molar-refractivity contribution in [1.29, 1.82) is 0 Å². The molecule has 0 bridgehead atoms. The number of nitrogens with one attached hydrogen (secondary N) is 1. The van der Waals surface area contributed by atoms with Crippen LogP contribution in [0.25, 0.3) is 0 Å². The highest BCUT2D eigenvalue weighted by atomic mass is 79.9. The van der Waals surface area contributed by atoms with Gasteiger partial charge < -0.3 is 5.32 Å². The fourth-order valence-corrected chi connectivity index (χ4v) is 2.73. The summed E-state index contributed by atoms with van der Waals surface area (Å²) in [5.41, 5.74) is 2.80. The number of benzene rings is 1. The summed E-state index contributed by atoms with van der Waals surface area (Å²) in [7, 11) is 0. The minimum Gasteiger partial charge on any atom is -0.310 e. The van der Waals surface area contributed by atoms with Crippen molar-refractivity contribution in [2.24, 2.45) is 0 Å². The second kappa shape index (κ2) is 6.95. The van der Waals surface area contributed by atoms with Crippen LogP contribution in [-0.4, -0.2) is 11.5 Å². The molecule has 0 saturated heterocycles. The van der Waals surface area contributed by atoms with Gasteiger partial charge in [0, 0.05) is 22.4 Å². The number of halogens is 2. The average molecular weight is 337 g/mol. The molecule has 1 unspecified atom stereocenters. The first-order valence-corrected chi connectivity index (χ1v) is 7.50. The minimum atomic E-state index is -0.169. The molecule has 0 aliphatic rings. The predicted molar refractivity (Wildman–Crippen MR) is 83.2 cm³/mol. The van der Waals surface area contributed by atoms with Gasteiger partial charge in [0.15, 0.2) is 0 Å². The molecule has 0 amide bonds. The summed E-state index contributed by atoms with van der Waals surface area (Å²) in [5.74, 6) is -0.169. The molecule has 0 aliphatic heterocycles. The van der Waals surface area contributed by atoms with E-state index in [1.165, 1.54) is 6.07 Å². The highest BCUT2D eigenvalue weighted by Gasteiger charge is 2.16. The van der Waals surface area contributed by atoms with Crippen molar-refractivity contribution in [1.82, 2.24) is 10.3 Å². The molecule has 106 valence electrons. The van der Waals surface area contributed by atoms with Gasteiger partial charge in [-0.15, -0.1) is 0 Å². The van der Waals surface area contributed by atoms with Gasteiger partial charge in [0.25, 0.3) is 0 Å². The lowest BCUT2D eigenvalue weighted by atomic mass is 9.97. The van der Waals surface area contributed by atoms with Gasteiger partial charge in [0.1, 0.15) is 5.82 Å². The zero-order chi connectivity index (χ0) is 14.5. The summed E-state index contributed by atoms with van der Waals surface area (Å²) in [5, 5.41) is 3.41. The topological polar surface area (TPSA) is 24.9 Å². The third kappa shape index (κ3) is 3.64. The Bertz CT molecular complexity index is 586. The molecule has 2 aromatic rings. The molecule has 1 aromatic carbocycles. The molecular formula is C16H18BrFN2. The van der Waals surface area contributed by atoms with Crippen LogP contribution < -0.4 is 5.32 Å². The monoisotopic (exact) mass is 336 g/mol. The molecule has 0 spiro atoms. The molecule has 2 nitrogen and oxygen atoms in total. The van der Waals surface area contributed by atoms with Crippen molar-refractivity contribution in [2.45, 2.75) is 26.3 Å². The average Bonchev–Trinajstić information content (AvgIpc) is 2.43. The standard InChI is InChI=1S/C16H18BrFN2/c1-3-19-16(14-5-4-8-20-11(14)2)10-12-9-13(17)6-7-15(12)18/h4-9,16,19H,3,10H2,1-2H3. The molecule has 0 fully saturated rings. The molecular weight excluding hydrogens is 319 g/mol. The highest BCUT2D eigenvalue weighted by Crippen LogP contribution is 2.24. The van der Waals surface area contributed by atoms with Crippen molar-refractivity contribution in [3.05, 3.63) is 63.6 Å². The number of hydrogen-bond donors (Lipinski definition) is 1. The number of nitrogens with zero attached hydrogens (tertiary/aromatic N) is 1. The Kier molecular flexibility index (Phi) is 5.26.